The topological polar surface area (TPSA) is 82.2 Å². The van der Waals surface area contributed by atoms with Crippen LogP contribution in [-0.4, -0.2) is 64.8 Å². The first-order chi connectivity index (χ1) is 22.4. The van der Waals surface area contributed by atoms with Gasteiger partial charge in [0, 0.05) is 66.8 Å². The summed E-state index contributed by atoms with van der Waals surface area (Å²) in [4.78, 5) is 14.7. The molecule has 0 bridgehead atoms. The summed E-state index contributed by atoms with van der Waals surface area (Å²) < 4.78 is 22.6. The molecule has 0 amide bonds. The van der Waals surface area contributed by atoms with E-state index in [4.69, 9.17) is 42.4 Å². The highest BCUT2D eigenvalue weighted by Crippen LogP contribution is 2.40. The number of thiazole rings is 1. The van der Waals surface area contributed by atoms with Crippen LogP contribution in [0.15, 0.2) is 96.0 Å². The Morgan fingerprint density at radius 3 is 2.52 bits per heavy atom. The quantitative estimate of drug-likeness (QED) is 0.192. The number of ether oxygens (including phenoxy) is 3. The Bertz CT molecular complexity index is 1840. The van der Waals surface area contributed by atoms with Gasteiger partial charge >= 0.3 is 0 Å². The highest BCUT2D eigenvalue weighted by atomic mass is 35.5. The maximum atomic E-state index is 6.58. The molecule has 0 aliphatic carbocycles. The third-order valence-electron chi connectivity index (χ3n) is 8.13. The van der Waals surface area contributed by atoms with Crippen molar-refractivity contribution in [3.8, 4) is 5.75 Å². The van der Waals surface area contributed by atoms with Crippen LogP contribution in [0.5, 0.6) is 5.75 Å². The fourth-order valence-corrected chi connectivity index (χ4v) is 7.05. The minimum atomic E-state index is -1.15. The van der Waals surface area contributed by atoms with E-state index in [-0.39, 0.29) is 12.6 Å². The van der Waals surface area contributed by atoms with Crippen molar-refractivity contribution in [2.45, 2.75) is 18.4 Å². The number of hydrogen-bond donors (Lipinski definition) is 0. The number of halogens is 2. The van der Waals surface area contributed by atoms with Crippen LogP contribution >= 0.6 is 34.5 Å². The molecule has 2 saturated heterocycles. The predicted molar refractivity (Wildman–Crippen MR) is 180 cm³/mol. The molecule has 7 rings (SSSR count). The zero-order valence-electron chi connectivity index (χ0n) is 25.2. The maximum absolute atomic E-state index is 6.58. The lowest BCUT2D eigenvalue weighted by Gasteiger charge is -2.37. The summed E-state index contributed by atoms with van der Waals surface area (Å²) in [6, 6.07) is 22.0. The Labute approximate surface area is 281 Å². The van der Waals surface area contributed by atoms with Crippen molar-refractivity contribution in [3.63, 3.8) is 0 Å². The van der Waals surface area contributed by atoms with E-state index in [1.807, 2.05) is 41.4 Å². The largest absolute Gasteiger partial charge is 0.491 e. The Morgan fingerprint density at radius 2 is 1.80 bits per heavy atom. The summed E-state index contributed by atoms with van der Waals surface area (Å²) in [5.74, 6) is -0.378. The average molecular weight is 679 g/mol. The number of rotatable bonds is 9. The van der Waals surface area contributed by atoms with Gasteiger partial charge in [-0.15, -0.1) is 11.3 Å². The fourth-order valence-electron chi connectivity index (χ4n) is 5.75. The zero-order chi connectivity index (χ0) is 31.5. The van der Waals surface area contributed by atoms with Crippen molar-refractivity contribution in [2.24, 2.45) is 12.0 Å². The molecular formula is C33H33Cl2N7O3S. The lowest BCUT2D eigenvalue weighted by Crippen LogP contribution is -2.46. The Balaban J connectivity index is 0.945. The Morgan fingerprint density at radius 1 is 1.00 bits per heavy atom. The van der Waals surface area contributed by atoms with E-state index in [0.717, 1.165) is 42.4 Å². The second-order valence-electron chi connectivity index (χ2n) is 11.2. The van der Waals surface area contributed by atoms with Gasteiger partial charge in [0.15, 0.2) is 4.80 Å². The lowest BCUT2D eigenvalue weighted by atomic mass is 10.1. The van der Waals surface area contributed by atoms with Crippen molar-refractivity contribution in [1.29, 1.82) is 0 Å². The molecule has 46 heavy (non-hydrogen) atoms. The molecule has 3 aromatic carbocycles. The summed E-state index contributed by atoms with van der Waals surface area (Å²) in [7, 11) is 2.02. The molecule has 10 nitrogen and oxygen atoms in total. The molecule has 5 aromatic rings. The van der Waals surface area contributed by atoms with Crippen LogP contribution in [0.3, 0.4) is 0 Å². The van der Waals surface area contributed by atoms with Gasteiger partial charge in [-0.2, -0.15) is 5.10 Å². The number of hydrogen-bond acceptors (Lipinski definition) is 9. The molecule has 0 saturated carbocycles. The highest BCUT2D eigenvalue weighted by molar-refractivity contribution is 7.07. The molecule has 13 heteroatoms. The Hall–Kier alpha value is -3.87. The standard InChI is InChI=1S/C33H33Cl2N7O3S/c1-39-15-16-46-32(39)38-25-3-2-4-27(18-25)41-13-11-40(12-14-41)26-6-8-28(9-7-26)43-19-29-20-44-33(45-29,21-42-23-36-22-37-42)30-10-5-24(34)17-31(30)35/h2-10,15-18,22-23,29H,11-14,19-21H2,1H3. The number of aryl methyl sites for hydroxylation is 1. The number of benzene rings is 3. The van der Waals surface area contributed by atoms with Gasteiger partial charge in [0.25, 0.3) is 0 Å². The van der Waals surface area contributed by atoms with Gasteiger partial charge in [-0.25, -0.2) is 14.7 Å². The van der Waals surface area contributed by atoms with Gasteiger partial charge in [-0.05, 0) is 54.6 Å². The van der Waals surface area contributed by atoms with Crippen molar-refractivity contribution in [3.05, 3.63) is 111 Å². The predicted octanol–water partition coefficient (Wildman–Crippen LogP) is 5.89. The first kappa shape index (κ1) is 30.8. The van der Waals surface area contributed by atoms with Gasteiger partial charge in [0.2, 0.25) is 5.79 Å². The van der Waals surface area contributed by atoms with Crippen LogP contribution in [0.1, 0.15) is 5.56 Å². The van der Waals surface area contributed by atoms with E-state index < -0.39 is 5.79 Å². The fraction of sp³-hybridized carbons (Fsp3) is 0.303. The van der Waals surface area contributed by atoms with Gasteiger partial charge in [0.1, 0.15) is 37.7 Å². The van der Waals surface area contributed by atoms with E-state index in [9.17, 15) is 0 Å². The van der Waals surface area contributed by atoms with Crippen LogP contribution in [0.25, 0.3) is 0 Å². The lowest BCUT2D eigenvalue weighted by molar-refractivity contribution is -0.190. The molecule has 0 N–H and O–H groups in total. The molecule has 238 valence electrons. The molecule has 2 unspecified atom stereocenters. The van der Waals surface area contributed by atoms with Gasteiger partial charge < -0.3 is 28.6 Å². The SMILES string of the molecule is Cn1ccsc1=Nc1cccc(N2CCN(c3ccc(OCC4COC(Cn5cncn5)(c5ccc(Cl)cc5Cl)O4)cc3)CC2)c1. The Kier molecular flexibility index (Phi) is 9.01. The third kappa shape index (κ3) is 6.79. The zero-order valence-corrected chi connectivity index (χ0v) is 27.5. The molecule has 4 heterocycles. The van der Waals surface area contributed by atoms with Crippen molar-refractivity contribution in [2.75, 3.05) is 49.2 Å². The first-order valence-electron chi connectivity index (χ1n) is 15.0. The van der Waals surface area contributed by atoms with E-state index in [1.165, 1.54) is 17.7 Å². The van der Waals surface area contributed by atoms with Crippen LogP contribution in [0.2, 0.25) is 10.0 Å². The molecule has 2 aromatic heterocycles. The van der Waals surface area contributed by atoms with E-state index >= 15 is 0 Å². The molecule has 2 aliphatic rings. The van der Waals surface area contributed by atoms with Gasteiger partial charge in [-0.1, -0.05) is 35.3 Å². The number of piperazine rings is 1. The normalized spacial score (nSPS) is 20.4. The summed E-state index contributed by atoms with van der Waals surface area (Å²) in [6.45, 7) is 4.65. The first-order valence-corrected chi connectivity index (χ1v) is 16.7. The monoisotopic (exact) mass is 677 g/mol. The average Bonchev–Trinajstić information content (AvgIpc) is 3.83. The minimum Gasteiger partial charge on any atom is -0.491 e. The van der Waals surface area contributed by atoms with Gasteiger partial charge in [0.05, 0.1) is 17.3 Å². The highest BCUT2D eigenvalue weighted by Gasteiger charge is 2.45. The number of nitrogens with zero attached hydrogens (tertiary/aromatic N) is 7. The molecule has 2 fully saturated rings. The molecule has 0 radical (unpaired) electrons. The number of aromatic nitrogens is 4. The molecule has 2 aliphatic heterocycles. The van der Waals surface area contributed by atoms with Gasteiger partial charge in [-0.3, -0.25) is 0 Å². The summed E-state index contributed by atoms with van der Waals surface area (Å²) >= 11 is 14.4. The van der Waals surface area contributed by atoms with Crippen molar-refractivity contribution >= 4 is 51.6 Å². The summed E-state index contributed by atoms with van der Waals surface area (Å²) in [5.41, 5.74) is 4.02. The summed E-state index contributed by atoms with van der Waals surface area (Å²) in [6.07, 6.45) is 4.79. The molecule has 0 spiro atoms. The van der Waals surface area contributed by atoms with Crippen molar-refractivity contribution < 1.29 is 14.2 Å². The molecular weight excluding hydrogens is 645 g/mol. The van der Waals surface area contributed by atoms with Crippen LogP contribution in [-0.2, 0) is 28.9 Å². The maximum Gasteiger partial charge on any atom is 0.217 e. The van der Waals surface area contributed by atoms with E-state index in [0.29, 0.717) is 28.8 Å². The third-order valence-corrected chi connectivity index (χ3v) is 9.53. The summed E-state index contributed by atoms with van der Waals surface area (Å²) in [5, 5.41) is 7.28. The van der Waals surface area contributed by atoms with Crippen LogP contribution in [0, 0.1) is 0 Å². The van der Waals surface area contributed by atoms with Crippen molar-refractivity contribution in [1.82, 2.24) is 19.3 Å². The second kappa shape index (κ2) is 13.5. The number of anilines is 2. The van der Waals surface area contributed by atoms with Crippen LogP contribution < -0.4 is 19.3 Å². The smallest absolute Gasteiger partial charge is 0.217 e. The minimum absolute atomic E-state index is 0.279. The van der Waals surface area contributed by atoms with Crippen LogP contribution in [0.4, 0.5) is 17.1 Å². The second-order valence-corrected chi connectivity index (χ2v) is 12.9. The van der Waals surface area contributed by atoms with E-state index in [1.54, 1.807) is 34.5 Å². The molecule has 2 atom stereocenters. The van der Waals surface area contributed by atoms with E-state index in [2.05, 4.69) is 56.3 Å².